The first-order valence-electron chi connectivity index (χ1n) is 11.8. The van der Waals surface area contributed by atoms with Gasteiger partial charge < -0.3 is 30.3 Å². The van der Waals surface area contributed by atoms with Gasteiger partial charge in [0.1, 0.15) is 0 Å². The molecular weight excluding hydrogens is 490 g/mol. The van der Waals surface area contributed by atoms with E-state index in [1.165, 1.54) is 10.6 Å². The molecule has 0 N–H and O–H groups in total. The van der Waals surface area contributed by atoms with Crippen molar-refractivity contribution in [1.29, 1.82) is 0 Å². The van der Waals surface area contributed by atoms with Crippen LogP contribution >= 0.6 is 15.8 Å². The molecule has 0 atom stereocenters. The van der Waals surface area contributed by atoms with Gasteiger partial charge in [-0.05, 0) is 35.0 Å². The van der Waals surface area contributed by atoms with Crippen LogP contribution in [0.15, 0.2) is 109 Å². The predicted molar refractivity (Wildman–Crippen MR) is 153 cm³/mol. The minimum atomic E-state index is -0.404. The van der Waals surface area contributed by atoms with Gasteiger partial charge in [0, 0.05) is 17.1 Å². The van der Waals surface area contributed by atoms with E-state index in [4.69, 9.17) is 0 Å². The normalized spacial score (nSPS) is 11.6. The zero-order chi connectivity index (χ0) is 23.9. The fourth-order valence-corrected chi connectivity index (χ4v) is 11.2. The van der Waals surface area contributed by atoms with Crippen LogP contribution in [0.2, 0.25) is 0 Å². The maximum Gasteiger partial charge on any atom is 0 e. The van der Waals surface area contributed by atoms with E-state index in [9.17, 15) is 0 Å². The molecule has 0 fully saturated rings. The molecule has 4 aromatic rings. The van der Waals surface area contributed by atoms with Crippen molar-refractivity contribution >= 4 is 31.8 Å². The maximum absolute atomic E-state index is 2.41. The maximum atomic E-state index is 2.41. The molecule has 0 saturated carbocycles. The standard InChI is InChI=1S/C26H33P2.C5H5.Fe/c1-25(2,3)28(26(4,5)6)24-19-13-14-21(24)20-27(22-15-9-7-10-16-22)23-17-11-8-12-18-23;1-2-4-5-3-1;/h7-19H,20H2,1-6H3;1-5H;/q-1;-5;. The molecule has 0 saturated heterocycles. The molecule has 4 rings (SSSR count). The summed E-state index contributed by atoms with van der Waals surface area (Å²) in [6.07, 6.45) is 1.12. The molecule has 34 heavy (non-hydrogen) atoms. The first kappa shape index (κ1) is 28.8. The number of benzene rings is 2. The fraction of sp³-hybridized carbons (Fsp3) is 0.290. The summed E-state index contributed by atoms with van der Waals surface area (Å²) < 4.78 is 0. The van der Waals surface area contributed by atoms with Crippen molar-refractivity contribution < 1.29 is 17.1 Å². The molecular formula is C31H38FeP2-6. The van der Waals surface area contributed by atoms with Crippen LogP contribution in [-0.4, -0.2) is 10.3 Å². The first-order chi connectivity index (χ1) is 15.7. The van der Waals surface area contributed by atoms with Crippen LogP contribution in [0, 0.1) is 0 Å². The van der Waals surface area contributed by atoms with Gasteiger partial charge in [-0.25, -0.2) is 12.1 Å². The molecule has 0 aliphatic carbocycles. The van der Waals surface area contributed by atoms with Crippen molar-refractivity contribution in [3.8, 4) is 0 Å². The Hall–Kier alpha value is -1.48. The summed E-state index contributed by atoms with van der Waals surface area (Å²) in [5.41, 5.74) is 1.55. The molecule has 0 bridgehead atoms. The van der Waals surface area contributed by atoms with E-state index in [-0.39, 0.29) is 25.0 Å². The molecule has 186 valence electrons. The molecule has 0 radical (unpaired) electrons. The topological polar surface area (TPSA) is 0 Å². The smallest absolute Gasteiger partial charge is 0 e. The average Bonchev–Trinajstić information content (AvgIpc) is 3.47. The minimum absolute atomic E-state index is 0. The minimum Gasteiger partial charge on any atom is -0.748 e. The van der Waals surface area contributed by atoms with Crippen LogP contribution < -0.4 is 15.9 Å². The van der Waals surface area contributed by atoms with Gasteiger partial charge in [0.05, 0.1) is 0 Å². The fourth-order valence-electron chi connectivity index (χ4n) is 4.57. The molecule has 4 aromatic carbocycles. The van der Waals surface area contributed by atoms with Crippen molar-refractivity contribution in [2.75, 3.05) is 0 Å². The summed E-state index contributed by atoms with van der Waals surface area (Å²) in [4.78, 5) is 0. The van der Waals surface area contributed by atoms with Gasteiger partial charge in [-0.3, -0.25) is 0 Å². The first-order valence-corrected chi connectivity index (χ1v) is 14.6. The van der Waals surface area contributed by atoms with E-state index in [1.54, 1.807) is 10.9 Å². The summed E-state index contributed by atoms with van der Waals surface area (Å²) in [6, 6.07) is 39.2. The van der Waals surface area contributed by atoms with Gasteiger partial charge in [-0.1, -0.05) is 102 Å². The second-order valence-corrected chi connectivity index (χ2v) is 16.4. The average molecular weight is 528 g/mol. The molecule has 0 spiro atoms. The molecule has 0 unspecified atom stereocenters. The molecule has 0 aliphatic heterocycles. The van der Waals surface area contributed by atoms with Crippen molar-refractivity contribution in [2.45, 2.75) is 58.0 Å². The largest absolute Gasteiger partial charge is 0.748 e. The van der Waals surface area contributed by atoms with Gasteiger partial charge >= 0.3 is 0 Å². The van der Waals surface area contributed by atoms with E-state index in [0.717, 1.165) is 6.16 Å². The zero-order valence-electron chi connectivity index (χ0n) is 21.3. The molecule has 0 aromatic heterocycles. The SMILES string of the molecule is CC(C)(C)P([c-]1cccc1CP(c1ccccc1)c1ccccc1)C(C)(C)C.[Fe].[cH-]1[cH-][cH-][cH-][cH-]1. The molecule has 0 heterocycles. The van der Waals surface area contributed by atoms with Gasteiger partial charge in [0.15, 0.2) is 0 Å². The Morgan fingerprint density at radius 1 is 0.618 bits per heavy atom. The van der Waals surface area contributed by atoms with Crippen LogP contribution in [-0.2, 0) is 23.2 Å². The van der Waals surface area contributed by atoms with Crippen LogP contribution in [0.4, 0.5) is 0 Å². The number of rotatable bonds is 5. The Balaban J connectivity index is 0.000000603. The van der Waals surface area contributed by atoms with Crippen molar-refractivity contribution in [1.82, 2.24) is 0 Å². The third-order valence-electron chi connectivity index (χ3n) is 5.48. The molecule has 0 aliphatic rings. The Morgan fingerprint density at radius 2 is 1.03 bits per heavy atom. The van der Waals surface area contributed by atoms with Crippen molar-refractivity contribution in [3.63, 3.8) is 0 Å². The van der Waals surface area contributed by atoms with Crippen LogP contribution in [0.5, 0.6) is 0 Å². The number of hydrogen-bond acceptors (Lipinski definition) is 0. The summed E-state index contributed by atoms with van der Waals surface area (Å²) in [5.74, 6) is 0. The third kappa shape index (κ3) is 8.04. The quantitative estimate of drug-likeness (QED) is 0.139. The van der Waals surface area contributed by atoms with Crippen molar-refractivity contribution in [3.05, 3.63) is 115 Å². The van der Waals surface area contributed by atoms with E-state index in [2.05, 4.69) is 120 Å². The Morgan fingerprint density at radius 3 is 1.41 bits per heavy atom. The number of hydrogen-bond donors (Lipinski definition) is 0. The van der Waals surface area contributed by atoms with Crippen LogP contribution in [0.25, 0.3) is 0 Å². The van der Waals surface area contributed by atoms with E-state index >= 15 is 0 Å². The Bertz CT molecular complexity index is 981. The van der Waals surface area contributed by atoms with E-state index < -0.39 is 7.92 Å². The zero-order valence-corrected chi connectivity index (χ0v) is 24.2. The van der Waals surface area contributed by atoms with Crippen LogP contribution in [0.1, 0.15) is 47.1 Å². The Labute approximate surface area is 220 Å². The summed E-state index contributed by atoms with van der Waals surface area (Å²) >= 11 is 0. The van der Waals surface area contributed by atoms with Gasteiger partial charge in [-0.2, -0.15) is 11.6 Å². The van der Waals surface area contributed by atoms with Gasteiger partial charge in [-0.15, -0.1) is 13.2 Å². The summed E-state index contributed by atoms with van der Waals surface area (Å²) in [5, 5.41) is 5.12. The second-order valence-electron chi connectivity index (χ2n) is 10.3. The van der Waals surface area contributed by atoms with E-state index in [1.807, 2.05) is 30.3 Å². The monoisotopic (exact) mass is 528 g/mol. The van der Waals surface area contributed by atoms with Gasteiger partial charge in [0.2, 0.25) is 0 Å². The van der Waals surface area contributed by atoms with Crippen molar-refractivity contribution in [2.24, 2.45) is 0 Å². The molecule has 0 nitrogen and oxygen atoms in total. The van der Waals surface area contributed by atoms with Gasteiger partial charge in [0.25, 0.3) is 0 Å². The van der Waals surface area contributed by atoms with Crippen LogP contribution in [0.3, 0.4) is 0 Å². The molecule has 0 amide bonds. The Kier molecular flexibility index (Phi) is 11.0. The van der Waals surface area contributed by atoms with E-state index in [0.29, 0.717) is 10.3 Å². The third-order valence-corrected chi connectivity index (χ3v) is 11.6. The summed E-state index contributed by atoms with van der Waals surface area (Å²) in [7, 11) is -0.683. The summed E-state index contributed by atoms with van der Waals surface area (Å²) in [6.45, 7) is 14.5. The molecule has 3 heteroatoms. The second kappa shape index (κ2) is 13.0. The predicted octanol–water partition coefficient (Wildman–Crippen LogP) is 8.15.